The van der Waals surface area contributed by atoms with Crippen molar-refractivity contribution in [1.29, 1.82) is 0 Å². The van der Waals surface area contributed by atoms with Crippen LogP contribution in [0.5, 0.6) is 11.5 Å². The molecule has 3 aromatic rings. The van der Waals surface area contributed by atoms with Gasteiger partial charge in [0.1, 0.15) is 5.75 Å². The number of pyridine rings is 2. The topological polar surface area (TPSA) is 127 Å². The van der Waals surface area contributed by atoms with Crippen molar-refractivity contribution in [3.05, 3.63) is 58.5 Å². The van der Waals surface area contributed by atoms with E-state index in [1.165, 1.54) is 0 Å². The average molecular weight is 561 g/mol. The first-order chi connectivity index (χ1) is 20.0. The third-order valence-electron chi connectivity index (χ3n) is 8.10. The molecule has 5 heterocycles. The number of rotatable bonds is 3. The van der Waals surface area contributed by atoms with Crippen LogP contribution >= 0.6 is 0 Å². The van der Waals surface area contributed by atoms with Crippen molar-refractivity contribution in [1.82, 2.24) is 25.1 Å². The normalized spacial score (nSPS) is 23.5. The van der Waals surface area contributed by atoms with E-state index in [1.807, 2.05) is 41.0 Å². The number of fused-ring (bicyclic) bond motifs is 4. The SMILES string of the molecule is O=C1COc2ccc(CNC3CCN4CCn5c(=O)ccc6ccc(cc65)OCCCCCNC(=O)C3C4)nc2N1. The summed E-state index contributed by atoms with van der Waals surface area (Å²) >= 11 is 0. The van der Waals surface area contributed by atoms with Gasteiger partial charge in [0.25, 0.3) is 11.5 Å². The van der Waals surface area contributed by atoms with E-state index in [2.05, 4.69) is 25.8 Å². The third-order valence-corrected chi connectivity index (χ3v) is 8.10. The molecule has 0 spiro atoms. The highest BCUT2D eigenvalue weighted by molar-refractivity contribution is 5.94. The number of carbonyl (C=O) groups is 2. The van der Waals surface area contributed by atoms with Gasteiger partial charge in [-0.15, -0.1) is 0 Å². The molecule has 11 nitrogen and oxygen atoms in total. The van der Waals surface area contributed by atoms with Crippen molar-refractivity contribution >= 4 is 28.5 Å². The third kappa shape index (κ3) is 6.36. The van der Waals surface area contributed by atoms with Gasteiger partial charge in [0, 0.05) is 50.9 Å². The largest absolute Gasteiger partial charge is 0.494 e. The van der Waals surface area contributed by atoms with Crippen molar-refractivity contribution in [2.75, 3.05) is 44.7 Å². The lowest BCUT2D eigenvalue weighted by Crippen LogP contribution is -2.55. The lowest BCUT2D eigenvalue weighted by atomic mass is 9.90. The van der Waals surface area contributed by atoms with Crippen LogP contribution in [0.25, 0.3) is 10.9 Å². The number of ether oxygens (including phenoxy) is 2. The van der Waals surface area contributed by atoms with Crippen LogP contribution < -0.4 is 31.0 Å². The molecule has 0 radical (unpaired) electrons. The molecule has 11 heteroatoms. The van der Waals surface area contributed by atoms with Crippen molar-refractivity contribution in [2.45, 2.75) is 44.8 Å². The fourth-order valence-electron chi connectivity index (χ4n) is 5.84. The van der Waals surface area contributed by atoms with Crippen molar-refractivity contribution in [2.24, 2.45) is 5.92 Å². The van der Waals surface area contributed by atoms with Gasteiger partial charge in [-0.1, -0.05) is 0 Å². The minimum Gasteiger partial charge on any atom is -0.494 e. The van der Waals surface area contributed by atoms with Crippen LogP contribution in [-0.2, 0) is 22.7 Å². The summed E-state index contributed by atoms with van der Waals surface area (Å²) in [5.74, 6) is 1.32. The predicted molar refractivity (Wildman–Crippen MR) is 154 cm³/mol. The molecule has 2 aromatic heterocycles. The molecule has 1 fully saturated rings. The summed E-state index contributed by atoms with van der Waals surface area (Å²) in [5.41, 5.74) is 1.58. The van der Waals surface area contributed by atoms with Crippen LogP contribution in [0.1, 0.15) is 31.4 Å². The number of nitrogens with zero attached hydrogens (tertiary/aromatic N) is 3. The van der Waals surface area contributed by atoms with Gasteiger partial charge in [0.15, 0.2) is 18.2 Å². The van der Waals surface area contributed by atoms with E-state index in [-0.39, 0.29) is 35.9 Å². The zero-order valence-electron chi connectivity index (χ0n) is 23.1. The molecule has 4 bridgehead atoms. The molecule has 3 aliphatic heterocycles. The molecule has 41 heavy (non-hydrogen) atoms. The van der Waals surface area contributed by atoms with Crippen molar-refractivity contribution in [3.63, 3.8) is 0 Å². The molecule has 0 aliphatic carbocycles. The zero-order chi connectivity index (χ0) is 28.2. The fourth-order valence-corrected chi connectivity index (χ4v) is 5.84. The van der Waals surface area contributed by atoms with Crippen molar-refractivity contribution < 1.29 is 19.1 Å². The standard InChI is InChI=1S/C30H36N6O5/c37-27-19-41-26-8-6-21(33-29(26)34-27)17-32-24-10-12-35-13-14-36-25-16-22(7-4-20(25)5-9-28(36)38)40-15-3-1-2-11-31-30(39)23(24)18-35/h4-9,16,23-24,32H,1-3,10-15,17-19H2,(H,31,39)(H,33,34,37). The summed E-state index contributed by atoms with van der Waals surface area (Å²) in [6.45, 7) is 4.25. The second kappa shape index (κ2) is 12.3. The van der Waals surface area contributed by atoms with E-state index < -0.39 is 0 Å². The van der Waals surface area contributed by atoms with Gasteiger partial charge in [-0.2, -0.15) is 0 Å². The molecule has 3 aliphatic rings. The van der Waals surface area contributed by atoms with Crippen LogP contribution in [0.2, 0.25) is 0 Å². The summed E-state index contributed by atoms with van der Waals surface area (Å²) in [6.07, 6.45) is 3.50. The number of amides is 2. The first-order valence-corrected chi connectivity index (χ1v) is 14.5. The quantitative estimate of drug-likeness (QED) is 0.443. The maximum Gasteiger partial charge on any atom is 0.263 e. The Hall–Kier alpha value is -3.96. The number of benzene rings is 1. The van der Waals surface area contributed by atoms with E-state index in [4.69, 9.17) is 9.47 Å². The Morgan fingerprint density at radius 2 is 1.88 bits per heavy atom. The van der Waals surface area contributed by atoms with Crippen LogP contribution in [0, 0.1) is 5.92 Å². The Morgan fingerprint density at radius 1 is 0.976 bits per heavy atom. The number of aromatic nitrogens is 2. The van der Waals surface area contributed by atoms with Gasteiger partial charge < -0.3 is 34.9 Å². The summed E-state index contributed by atoms with van der Waals surface area (Å²) in [5, 5.41) is 10.5. The number of hydrogen-bond acceptors (Lipinski definition) is 8. The molecular weight excluding hydrogens is 524 g/mol. The highest BCUT2D eigenvalue weighted by atomic mass is 16.5. The second-order valence-corrected chi connectivity index (χ2v) is 10.9. The monoisotopic (exact) mass is 560 g/mol. The highest BCUT2D eigenvalue weighted by Crippen LogP contribution is 2.26. The van der Waals surface area contributed by atoms with E-state index in [9.17, 15) is 14.4 Å². The highest BCUT2D eigenvalue weighted by Gasteiger charge is 2.34. The van der Waals surface area contributed by atoms with Gasteiger partial charge >= 0.3 is 0 Å². The summed E-state index contributed by atoms with van der Waals surface area (Å²) in [7, 11) is 0. The smallest absolute Gasteiger partial charge is 0.263 e. The lowest BCUT2D eigenvalue weighted by Gasteiger charge is -2.38. The first kappa shape index (κ1) is 27.2. The first-order valence-electron chi connectivity index (χ1n) is 14.5. The van der Waals surface area contributed by atoms with Gasteiger partial charge in [-0.05, 0) is 67.9 Å². The molecular formula is C30H36N6O5. The molecule has 0 saturated carbocycles. The van der Waals surface area contributed by atoms with Crippen LogP contribution in [0.15, 0.2) is 47.3 Å². The van der Waals surface area contributed by atoms with Gasteiger partial charge in [0.2, 0.25) is 5.91 Å². The number of piperidine rings is 1. The summed E-state index contributed by atoms with van der Waals surface area (Å²) in [4.78, 5) is 44.8. The Labute approximate surface area is 238 Å². The maximum absolute atomic E-state index is 13.4. The summed E-state index contributed by atoms with van der Waals surface area (Å²) < 4.78 is 13.2. The molecule has 3 N–H and O–H groups in total. The van der Waals surface area contributed by atoms with Crippen molar-refractivity contribution in [3.8, 4) is 11.5 Å². The van der Waals surface area contributed by atoms with E-state index in [1.54, 1.807) is 6.07 Å². The Kier molecular flexibility index (Phi) is 8.15. The van der Waals surface area contributed by atoms with Gasteiger partial charge in [0.05, 0.1) is 23.7 Å². The molecule has 3 atom stereocenters. The number of nitrogens with one attached hydrogen (secondary N) is 3. The second-order valence-electron chi connectivity index (χ2n) is 10.9. The van der Waals surface area contributed by atoms with E-state index in [0.717, 1.165) is 54.6 Å². The molecule has 2 amide bonds. The Bertz CT molecular complexity index is 1490. The number of carbonyl (C=O) groups excluding carboxylic acids is 2. The minimum absolute atomic E-state index is 0.00834. The maximum atomic E-state index is 13.4. The molecule has 3 unspecified atom stereocenters. The Morgan fingerprint density at radius 3 is 2.80 bits per heavy atom. The van der Waals surface area contributed by atoms with Crippen LogP contribution in [0.4, 0.5) is 5.82 Å². The van der Waals surface area contributed by atoms with Crippen LogP contribution in [0.3, 0.4) is 0 Å². The lowest BCUT2D eigenvalue weighted by molar-refractivity contribution is -0.127. The molecule has 1 saturated heterocycles. The molecule has 6 rings (SSSR count). The number of anilines is 1. The van der Waals surface area contributed by atoms with Gasteiger partial charge in [-0.25, -0.2) is 4.98 Å². The molecule has 216 valence electrons. The summed E-state index contributed by atoms with van der Waals surface area (Å²) in [6, 6.07) is 13.0. The predicted octanol–water partition coefficient (Wildman–Crippen LogP) is 1.89. The van der Waals surface area contributed by atoms with E-state index in [0.29, 0.717) is 50.9 Å². The zero-order valence-corrected chi connectivity index (χ0v) is 23.1. The minimum atomic E-state index is -0.251. The fraction of sp³-hybridized carbons (Fsp3) is 0.467. The van der Waals surface area contributed by atoms with Crippen LogP contribution in [-0.4, -0.2) is 71.7 Å². The van der Waals surface area contributed by atoms with Gasteiger partial charge in [-0.3, -0.25) is 14.4 Å². The molecule has 1 aromatic carbocycles. The number of hydrogen-bond donors (Lipinski definition) is 3. The van der Waals surface area contributed by atoms with E-state index >= 15 is 0 Å². The Balaban J connectivity index is 1.18. The average Bonchev–Trinajstić information content (AvgIpc) is 2.98.